The summed E-state index contributed by atoms with van der Waals surface area (Å²) in [5.74, 6) is 6.03. The summed E-state index contributed by atoms with van der Waals surface area (Å²) in [6.45, 7) is 3.41. The number of aromatic nitrogens is 2. The van der Waals surface area contributed by atoms with Crippen LogP contribution in [-0.4, -0.2) is 21.2 Å². The quantitative estimate of drug-likeness (QED) is 0.565. The normalized spacial score (nSPS) is 11.6. The molecule has 3 nitrogen and oxygen atoms in total. The molecule has 0 aliphatic heterocycles. The summed E-state index contributed by atoms with van der Waals surface area (Å²) in [7, 11) is 0. The highest BCUT2D eigenvalue weighted by molar-refractivity contribution is 5.27. The Hall–Kier alpha value is -1.40. The molecule has 0 bridgehead atoms. The van der Waals surface area contributed by atoms with E-state index in [-0.39, 0.29) is 0 Å². The number of hydrogen-bond acceptors (Lipinski definition) is 3. The van der Waals surface area contributed by atoms with Gasteiger partial charge in [0, 0.05) is 6.20 Å². The Morgan fingerprint density at radius 2 is 2.33 bits per heavy atom. The second kappa shape index (κ2) is 3.84. The lowest BCUT2D eigenvalue weighted by Crippen LogP contribution is -1.94. The molecule has 12 heavy (non-hydrogen) atoms. The first kappa shape index (κ1) is 8.69. The fourth-order valence-corrected chi connectivity index (χ4v) is 0.704. The molecule has 0 aromatic carbocycles. The first-order valence-corrected chi connectivity index (χ1v) is 3.68. The van der Waals surface area contributed by atoms with Crippen molar-refractivity contribution in [3.05, 3.63) is 23.8 Å². The van der Waals surface area contributed by atoms with Gasteiger partial charge in [-0.25, -0.2) is 9.97 Å². The van der Waals surface area contributed by atoms with Crippen molar-refractivity contribution in [1.82, 2.24) is 9.97 Å². The first-order valence-electron chi connectivity index (χ1n) is 3.68. The van der Waals surface area contributed by atoms with Crippen LogP contribution in [-0.2, 0) is 0 Å². The highest BCUT2D eigenvalue weighted by Crippen LogP contribution is 1.91. The van der Waals surface area contributed by atoms with Gasteiger partial charge < -0.3 is 5.11 Å². The molecule has 62 valence electrons. The van der Waals surface area contributed by atoms with Crippen LogP contribution in [0.25, 0.3) is 0 Å². The van der Waals surface area contributed by atoms with Crippen molar-refractivity contribution in [3.63, 3.8) is 0 Å². The van der Waals surface area contributed by atoms with E-state index in [2.05, 4.69) is 21.8 Å². The summed E-state index contributed by atoms with van der Waals surface area (Å²) in [5.41, 5.74) is 0.642. The number of aliphatic hydroxyl groups is 1. The number of nitrogens with zero attached hydrogens (tertiary/aromatic N) is 2. The standard InChI is InChI=1S/C9H10N2O/c1-7(12)3-4-9-5-6-10-8(2)11-9/h5-7,12H,1-2H3. The SMILES string of the molecule is Cc1nccc(C#CC(C)O)n1. The van der Waals surface area contributed by atoms with Crippen molar-refractivity contribution in [2.75, 3.05) is 0 Å². The van der Waals surface area contributed by atoms with Gasteiger partial charge in [0.15, 0.2) is 0 Å². The van der Waals surface area contributed by atoms with Crippen LogP contribution in [0, 0.1) is 18.8 Å². The molecule has 1 aromatic heterocycles. The summed E-state index contributed by atoms with van der Waals surface area (Å²) >= 11 is 0. The molecule has 0 spiro atoms. The van der Waals surface area contributed by atoms with Crippen molar-refractivity contribution >= 4 is 0 Å². The van der Waals surface area contributed by atoms with E-state index in [0.29, 0.717) is 11.5 Å². The summed E-state index contributed by atoms with van der Waals surface area (Å²) < 4.78 is 0. The lowest BCUT2D eigenvalue weighted by molar-refractivity contribution is 0.253. The minimum Gasteiger partial charge on any atom is -0.381 e. The van der Waals surface area contributed by atoms with Gasteiger partial charge in [-0.1, -0.05) is 5.92 Å². The van der Waals surface area contributed by atoms with Gasteiger partial charge in [-0.2, -0.15) is 0 Å². The van der Waals surface area contributed by atoms with Crippen molar-refractivity contribution < 1.29 is 5.11 Å². The molecule has 1 N–H and O–H groups in total. The van der Waals surface area contributed by atoms with E-state index in [9.17, 15) is 0 Å². The summed E-state index contributed by atoms with van der Waals surface area (Å²) in [6.07, 6.45) is 1.04. The molecule has 1 heterocycles. The second-order valence-electron chi connectivity index (χ2n) is 2.43. The molecule has 0 aliphatic rings. The Kier molecular flexibility index (Phi) is 2.78. The Labute approximate surface area is 71.5 Å². The molecule has 0 aliphatic carbocycles. The van der Waals surface area contributed by atoms with Crippen molar-refractivity contribution in [1.29, 1.82) is 0 Å². The number of rotatable bonds is 0. The Balaban J connectivity index is 2.85. The van der Waals surface area contributed by atoms with Gasteiger partial charge in [-0.15, -0.1) is 0 Å². The van der Waals surface area contributed by atoms with Crippen molar-refractivity contribution in [2.24, 2.45) is 0 Å². The number of aryl methyl sites for hydroxylation is 1. The van der Waals surface area contributed by atoms with Gasteiger partial charge in [0.1, 0.15) is 17.6 Å². The van der Waals surface area contributed by atoms with E-state index in [1.165, 1.54) is 0 Å². The molecule has 0 saturated heterocycles. The maximum Gasteiger partial charge on any atom is 0.126 e. The number of aliphatic hydroxyl groups excluding tert-OH is 1. The Morgan fingerprint density at radius 3 is 2.92 bits per heavy atom. The summed E-state index contributed by atoms with van der Waals surface area (Å²) in [5, 5.41) is 8.87. The van der Waals surface area contributed by atoms with E-state index in [4.69, 9.17) is 5.11 Å². The van der Waals surface area contributed by atoms with Gasteiger partial charge in [-0.05, 0) is 25.8 Å². The fraction of sp³-hybridized carbons (Fsp3) is 0.333. The lowest BCUT2D eigenvalue weighted by Gasteiger charge is -1.91. The van der Waals surface area contributed by atoms with E-state index in [1.807, 2.05) is 0 Å². The van der Waals surface area contributed by atoms with Crippen LogP contribution in [0.1, 0.15) is 18.4 Å². The van der Waals surface area contributed by atoms with Crippen LogP contribution < -0.4 is 0 Å². The molecule has 1 unspecified atom stereocenters. The maximum absolute atomic E-state index is 8.87. The Bertz CT molecular complexity index is 323. The van der Waals surface area contributed by atoms with Crippen molar-refractivity contribution in [2.45, 2.75) is 20.0 Å². The molecule has 0 radical (unpaired) electrons. The monoisotopic (exact) mass is 162 g/mol. The molecule has 1 atom stereocenters. The van der Waals surface area contributed by atoms with E-state index in [1.54, 1.807) is 26.1 Å². The molecule has 0 amide bonds. The topological polar surface area (TPSA) is 46.0 Å². The van der Waals surface area contributed by atoms with Crippen LogP contribution in [0.5, 0.6) is 0 Å². The average Bonchev–Trinajstić information content (AvgIpc) is 2.01. The average molecular weight is 162 g/mol. The molecule has 1 aromatic rings. The van der Waals surface area contributed by atoms with Crippen LogP contribution in [0.3, 0.4) is 0 Å². The molecule has 0 fully saturated rings. The molecular weight excluding hydrogens is 152 g/mol. The van der Waals surface area contributed by atoms with E-state index >= 15 is 0 Å². The Morgan fingerprint density at radius 1 is 1.58 bits per heavy atom. The van der Waals surface area contributed by atoms with Gasteiger partial charge in [0.05, 0.1) is 0 Å². The maximum atomic E-state index is 8.87. The highest BCUT2D eigenvalue weighted by Gasteiger charge is 1.90. The van der Waals surface area contributed by atoms with Gasteiger partial charge in [0.25, 0.3) is 0 Å². The van der Waals surface area contributed by atoms with Gasteiger partial charge in [-0.3, -0.25) is 0 Å². The van der Waals surface area contributed by atoms with Gasteiger partial charge >= 0.3 is 0 Å². The minimum absolute atomic E-state index is 0.611. The third-order valence-electron chi connectivity index (χ3n) is 1.19. The second-order valence-corrected chi connectivity index (χ2v) is 2.43. The van der Waals surface area contributed by atoms with E-state index < -0.39 is 6.10 Å². The predicted octanol–water partition coefficient (Wildman–Crippen LogP) is 0.517. The summed E-state index contributed by atoms with van der Waals surface area (Å²) in [4.78, 5) is 7.97. The fourth-order valence-electron chi connectivity index (χ4n) is 0.704. The third-order valence-corrected chi connectivity index (χ3v) is 1.19. The zero-order valence-corrected chi connectivity index (χ0v) is 7.07. The van der Waals surface area contributed by atoms with Crippen LogP contribution in [0.2, 0.25) is 0 Å². The number of hydrogen-bond donors (Lipinski definition) is 1. The highest BCUT2D eigenvalue weighted by atomic mass is 16.3. The van der Waals surface area contributed by atoms with Crippen LogP contribution in [0.4, 0.5) is 0 Å². The van der Waals surface area contributed by atoms with Crippen LogP contribution >= 0.6 is 0 Å². The van der Waals surface area contributed by atoms with E-state index in [0.717, 1.165) is 0 Å². The molecule has 3 heteroatoms. The smallest absolute Gasteiger partial charge is 0.126 e. The first-order chi connectivity index (χ1) is 5.68. The largest absolute Gasteiger partial charge is 0.381 e. The zero-order chi connectivity index (χ0) is 8.97. The van der Waals surface area contributed by atoms with Crippen molar-refractivity contribution in [3.8, 4) is 11.8 Å². The minimum atomic E-state index is -0.611. The zero-order valence-electron chi connectivity index (χ0n) is 7.07. The third kappa shape index (κ3) is 2.69. The molecule has 0 saturated carbocycles. The van der Waals surface area contributed by atoms with Crippen LogP contribution in [0.15, 0.2) is 12.3 Å². The lowest BCUT2D eigenvalue weighted by atomic mass is 10.3. The molecular formula is C9H10N2O. The summed E-state index contributed by atoms with van der Waals surface area (Å²) in [6, 6.07) is 1.71. The van der Waals surface area contributed by atoms with Gasteiger partial charge in [0.2, 0.25) is 0 Å². The molecule has 1 rings (SSSR count). The predicted molar refractivity (Wildman–Crippen MR) is 45.3 cm³/mol.